The number of anilines is 1. The van der Waals surface area contributed by atoms with Crippen LogP contribution in [0.4, 0.5) is 5.13 Å². The molecule has 1 N–H and O–H groups in total. The Balaban J connectivity index is 1.86. The highest BCUT2D eigenvalue weighted by molar-refractivity contribution is 9.10. The standard InChI is InChI=1S/C23H19BrN2O4S/c1-2-11-30-17-5-3-4-15(13-17)20(27)18-19(14-6-8-16(24)9-7-14)26(22(29)21(18)28)23-25-10-12-31-23/h3-10,12-13,19,27H,2,11H2,1H3/b20-18+. The number of rotatable bonds is 6. The molecule has 2 aromatic carbocycles. The summed E-state index contributed by atoms with van der Waals surface area (Å²) in [6.45, 7) is 2.54. The van der Waals surface area contributed by atoms with Gasteiger partial charge in [0.2, 0.25) is 0 Å². The maximum Gasteiger partial charge on any atom is 0.301 e. The molecule has 1 unspecified atom stereocenters. The molecule has 1 atom stereocenters. The van der Waals surface area contributed by atoms with E-state index in [1.165, 1.54) is 16.2 Å². The second-order valence-electron chi connectivity index (χ2n) is 6.91. The first kappa shape index (κ1) is 21.3. The summed E-state index contributed by atoms with van der Waals surface area (Å²) in [4.78, 5) is 31.6. The molecular weight excluding hydrogens is 480 g/mol. The van der Waals surface area contributed by atoms with Gasteiger partial charge in [0.1, 0.15) is 11.5 Å². The van der Waals surface area contributed by atoms with Crippen molar-refractivity contribution in [2.45, 2.75) is 19.4 Å². The topological polar surface area (TPSA) is 79.7 Å². The largest absolute Gasteiger partial charge is 0.507 e. The van der Waals surface area contributed by atoms with Gasteiger partial charge in [0.05, 0.1) is 18.2 Å². The van der Waals surface area contributed by atoms with Gasteiger partial charge in [0.25, 0.3) is 5.78 Å². The Kier molecular flexibility index (Phi) is 6.20. The van der Waals surface area contributed by atoms with Crippen LogP contribution in [0.25, 0.3) is 5.76 Å². The minimum Gasteiger partial charge on any atom is -0.507 e. The molecule has 1 aliphatic rings. The zero-order chi connectivity index (χ0) is 22.0. The summed E-state index contributed by atoms with van der Waals surface area (Å²) in [7, 11) is 0. The molecule has 2 heterocycles. The van der Waals surface area contributed by atoms with E-state index in [4.69, 9.17) is 4.74 Å². The lowest BCUT2D eigenvalue weighted by Crippen LogP contribution is -2.29. The first-order chi connectivity index (χ1) is 15.0. The van der Waals surface area contributed by atoms with Crippen molar-refractivity contribution in [3.63, 3.8) is 0 Å². The van der Waals surface area contributed by atoms with Gasteiger partial charge in [-0.2, -0.15) is 0 Å². The van der Waals surface area contributed by atoms with Crippen LogP contribution in [0.2, 0.25) is 0 Å². The predicted octanol–water partition coefficient (Wildman–Crippen LogP) is 5.32. The second-order valence-corrected chi connectivity index (χ2v) is 8.70. The molecule has 0 bridgehead atoms. The van der Waals surface area contributed by atoms with Crippen LogP contribution >= 0.6 is 27.3 Å². The van der Waals surface area contributed by atoms with Crippen molar-refractivity contribution in [1.82, 2.24) is 4.98 Å². The highest BCUT2D eigenvalue weighted by atomic mass is 79.9. The summed E-state index contributed by atoms with van der Waals surface area (Å²) in [5.41, 5.74) is 1.13. The Morgan fingerprint density at radius 1 is 1.23 bits per heavy atom. The number of Topliss-reactive ketones (excluding diaryl/α,β-unsaturated/α-hetero) is 1. The van der Waals surface area contributed by atoms with Crippen molar-refractivity contribution in [3.8, 4) is 5.75 Å². The van der Waals surface area contributed by atoms with Gasteiger partial charge in [-0.1, -0.05) is 47.1 Å². The molecular formula is C23H19BrN2O4S. The fraction of sp³-hybridized carbons (Fsp3) is 0.174. The lowest BCUT2D eigenvalue weighted by Gasteiger charge is -2.23. The van der Waals surface area contributed by atoms with Crippen molar-refractivity contribution < 1.29 is 19.4 Å². The number of aliphatic hydroxyl groups excluding tert-OH is 1. The number of ketones is 1. The third kappa shape index (κ3) is 4.13. The van der Waals surface area contributed by atoms with Crippen LogP contribution in [0, 0.1) is 0 Å². The van der Waals surface area contributed by atoms with Crippen molar-refractivity contribution in [2.24, 2.45) is 0 Å². The Bertz CT molecular complexity index is 1140. The number of benzene rings is 2. The van der Waals surface area contributed by atoms with E-state index in [-0.39, 0.29) is 11.3 Å². The van der Waals surface area contributed by atoms with E-state index in [0.717, 1.165) is 10.9 Å². The number of nitrogens with zero attached hydrogens (tertiary/aromatic N) is 2. The van der Waals surface area contributed by atoms with Crippen LogP contribution in [-0.4, -0.2) is 28.4 Å². The van der Waals surface area contributed by atoms with Crippen LogP contribution in [0.5, 0.6) is 5.75 Å². The number of thiazole rings is 1. The second kappa shape index (κ2) is 9.03. The molecule has 1 amide bonds. The van der Waals surface area contributed by atoms with Gasteiger partial charge in [-0.05, 0) is 36.2 Å². The molecule has 4 rings (SSSR count). The molecule has 0 aliphatic carbocycles. The van der Waals surface area contributed by atoms with Gasteiger partial charge in [0, 0.05) is 21.6 Å². The number of aromatic nitrogens is 1. The molecule has 1 saturated heterocycles. The molecule has 3 aromatic rings. The van der Waals surface area contributed by atoms with Crippen LogP contribution in [0.1, 0.15) is 30.5 Å². The zero-order valence-electron chi connectivity index (χ0n) is 16.6. The average molecular weight is 499 g/mol. The summed E-state index contributed by atoms with van der Waals surface area (Å²) in [5.74, 6) is -1.13. The third-order valence-electron chi connectivity index (χ3n) is 4.84. The van der Waals surface area contributed by atoms with Crippen molar-refractivity contribution in [1.29, 1.82) is 0 Å². The van der Waals surface area contributed by atoms with E-state index in [1.54, 1.807) is 35.8 Å². The number of ether oxygens (including phenoxy) is 1. The number of aliphatic hydroxyl groups is 1. The molecule has 8 heteroatoms. The summed E-state index contributed by atoms with van der Waals surface area (Å²) in [6, 6.07) is 13.4. The number of halogens is 1. The Morgan fingerprint density at radius 2 is 2.00 bits per heavy atom. The Hall–Kier alpha value is -2.97. The summed E-state index contributed by atoms with van der Waals surface area (Å²) >= 11 is 4.66. The SMILES string of the molecule is CCCOc1cccc(/C(O)=C2\C(=O)C(=O)N(c3nccs3)C2c2ccc(Br)cc2)c1. The van der Waals surface area contributed by atoms with Crippen LogP contribution in [-0.2, 0) is 9.59 Å². The minimum atomic E-state index is -0.792. The molecule has 1 aliphatic heterocycles. The molecule has 1 aromatic heterocycles. The molecule has 0 spiro atoms. The first-order valence-corrected chi connectivity index (χ1v) is 11.4. The van der Waals surface area contributed by atoms with Gasteiger partial charge in [-0.25, -0.2) is 4.98 Å². The number of carbonyl (C=O) groups excluding carboxylic acids is 2. The van der Waals surface area contributed by atoms with Gasteiger partial charge in [0.15, 0.2) is 5.13 Å². The zero-order valence-corrected chi connectivity index (χ0v) is 19.0. The highest BCUT2D eigenvalue weighted by Crippen LogP contribution is 2.43. The van der Waals surface area contributed by atoms with E-state index in [9.17, 15) is 14.7 Å². The van der Waals surface area contributed by atoms with Crippen molar-refractivity contribution in [2.75, 3.05) is 11.5 Å². The van der Waals surface area contributed by atoms with E-state index < -0.39 is 17.7 Å². The summed E-state index contributed by atoms with van der Waals surface area (Å²) < 4.78 is 6.52. The quantitative estimate of drug-likeness (QED) is 0.282. The van der Waals surface area contributed by atoms with Crippen molar-refractivity contribution >= 4 is 49.8 Å². The van der Waals surface area contributed by atoms with E-state index in [1.807, 2.05) is 31.2 Å². The van der Waals surface area contributed by atoms with E-state index >= 15 is 0 Å². The van der Waals surface area contributed by atoms with Gasteiger partial charge in [-0.15, -0.1) is 11.3 Å². The number of carbonyl (C=O) groups is 2. The average Bonchev–Trinajstić information content (AvgIpc) is 3.39. The Labute approximate surface area is 191 Å². The fourth-order valence-electron chi connectivity index (χ4n) is 3.43. The molecule has 31 heavy (non-hydrogen) atoms. The molecule has 0 saturated carbocycles. The lowest BCUT2D eigenvalue weighted by atomic mass is 9.95. The van der Waals surface area contributed by atoms with Crippen LogP contribution in [0.3, 0.4) is 0 Å². The monoisotopic (exact) mass is 498 g/mol. The summed E-state index contributed by atoms with van der Waals surface area (Å²) in [6.07, 6.45) is 2.42. The third-order valence-corrected chi connectivity index (χ3v) is 6.14. The van der Waals surface area contributed by atoms with Gasteiger partial charge in [-0.3, -0.25) is 14.5 Å². The first-order valence-electron chi connectivity index (χ1n) is 9.70. The lowest BCUT2D eigenvalue weighted by molar-refractivity contribution is -0.132. The van der Waals surface area contributed by atoms with Gasteiger partial charge < -0.3 is 9.84 Å². The maximum atomic E-state index is 13.1. The molecule has 0 radical (unpaired) electrons. The number of hydrogen-bond acceptors (Lipinski definition) is 6. The number of amides is 1. The highest BCUT2D eigenvalue weighted by Gasteiger charge is 2.47. The molecule has 1 fully saturated rings. The van der Waals surface area contributed by atoms with Crippen molar-refractivity contribution in [3.05, 3.63) is 81.3 Å². The van der Waals surface area contributed by atoms with Crippen LogP contribution < -0.4 is 9.64 Å². The fourth-order valence-corrected chi connectivity index (χ4v) is 4.37. The normalized spacial score (nSPS) is 17.9. The maximum absolute atomic E-state index is 13.1. The smallest absolute Gasteiger partial charge is 0.301 e. The summed E-state index contributed by atoms with van der Waals surface area (Å²) in [5, 5.41) is 13.3. The van der Waals surface area contributed by atoms with E-state index in [0.29, 0.717) is 28.6 Å². The van der Waals surface area contributed by atoms with Gasteiger partial charge >= 0.3 is 5.91 Å². The van der Waals surface area contributed by atoms with Crippen LogP contribution in [0.15, 0.2) is 70.2 Å². The minimum absolute atomic E-state index is 0.0233. The Morgan fingerprint density at radius 3 is 2.68 bits per heavy atom. The molecule has 6 nitrogen and oxygen atoms in total. The predicted molar refractivity (Wildman–Crippen MR) is 123 cm³/mol. The number of hydrogen-bond donors (Lipinski definition) is 1. The van der Waals surface area contributed by atoms with E-state index in [2.05, 4.69) is 20.9 Å². The molecule has 158 valence electrons.